The number of furan rings is 1. The third-order valence-corrected chi connectivity index (χ3v) is 2.30. The van der Waals surface area contributed by atoms with Crippen molar-refractivity contribution in [3.8, 4) is 0 Å². The number of rotatable bonds is 1. The topological polar surface area (TPSA) is 30.2 Å². The Balaban J connectivity index is 2.82. The van der Waals surface area contributed by atoms with Crippen LogP contribution >= 0.6 is 15.9 Å². The average Bonchev–Trinajstić information content (AvgIpc) is 2.43. The summed E-state index contributed by atoms with van der Waals surface area (Å²) < 4.78 is 5.97. The van der Waals surface area contributed by atoms with Gasteiger partial charge in [-0.15, -0.1) is 0 Å². The van der Waals surface area contributed by atoms with Crippen LogP contribution in [0.15, 0.2) is 33.4 Å². The molecule has 2 nitrogen and oxygen atoms in total. The van der Waals surface area contributed by atoms with Gasteiger partial charge in [-0.05, 0) is 35.0 Å². The summed E-state index contributed by atoms with van der Waals surface area (Å²) in [5.74, 6) is 0.0545. The highest BCUT2D eigenvalue weighted by atomic mass is 79.9. The van der Waals surface area contributed by atoms with E-state index in [1.165, 1.54) is 0 Å². The Hall–Kier alpha value is -1.09. The average molecular weight is 239 g/mol. The summed E-state index contributed by atoms with van der Waals surface area (Å²) in [4.78, 5) is 11.2. The third-order valence-electron chi connectivity index (χ3n) is 1.91. The molecule has 66 valence electrons. The quantitative estimate of drug-likeness (QED) is 0.714. The Morgan fingerprint density at radius 3 is 2.92 bits per heavy atom. The zero-order valence-electron chi connectivity index (χ0n) is 7.00. The first kappa shape index (κ1) is 8.51. The number of ketones is 1. The van der Waals surface area contributed by atoms with E-state index in [2.05, 4.69) is 15.9 Å². The molecule has 1 heterocycles. The molecule has 3 heteroatoms. The summed E-state index contributed by atoms with van der Waals surface area (Å²) >= 11 is 3.23. The summed E-state index contributed by atoms with van der Waals surface area (Å²) in [6.45, 7) is 1.55. The number of fused-ring (bicyclic) bond motifs is 1. The molecule has 0 bridgehead atoms. The van der Waals surface area contributed by atoms with Crippen molar-refractivity contribution in [1.82, 2.24) is 0 Å². The molecule has 13 heavy (non-hydrogen) atoms. The number of carbonyl (C=O) groups is 1. The highest BCUT2D eigenvalue weighted by Crippen LogP contribution is 2.26. The van der Waals surface area contributed by atoms with Gasteiger partial charge in [0.15, 0.2) is 10.5 Å². The molecule has 0 aliphatic heterocycles. The van der Waals surface area contributed by atoms with Crippen molar-refractivity contribution in [1.29, 1.82) is 0 Å². The van der Waals surface area contributed by atoms with Crippen LogP contribution in [0.4, 0.5) is 0 Å². The molecular weight excluding hydrogens is 232 g/mol. The molecule has 0 saturated carbocycles. The van der Waals surface area contributed by atoms with Gasteiger partial charge < -0.3 is 4.42 Å². The summed E-state index contributed by atoms with van der Waals surface area (Å²) in [7, 11) is 0. The van der Waals surface area contributed by atoms with E-state index >= 15 is 0 Å². The molecule has 0 unspecified atom stereocenters. The van der Waals surface area contributed by atoms with E-state index in [0.717, 1.165) is 11.0 Å². The van der Waals surface area contributed by atoms with Gasteiger partial charge in [0.2, 0.25) is 0 Å². The smallest absolute Gasteiger partial charge is 0.170 e. The van der Waals surface area contributed by atoms with E-state index in [9.17, 15) is 4.79 Å². The number of benzene rings is 1. The molecule has 0 fully saturated rings. The predicted octanol–water partition coefficient (Wildman–Crippen LogP) is 3.40. The Labute approximate surface area is 83.7 Å². The van der Waals surface area contributed by atoms with E-state index in [1.807, 2.05) is 18.2 Å². The van der Waals surface area contributed by atoms with E-state index in [0.29, 0.717) is 10.2 Å². The Bertz CT molecular complexity index is 471. The van der Waals surface area contributed by atoms with Crippen molar-refractivity contribution < 1.29 is 9.21 Å². The number of carbonyl (C=O) groups excluding carboxylic acids is 1. The van der Waals surface area contributed by atoms with Gasteiger partial charge >= 0.3 is 0 Å². The minimum atomic E-state index is 0.0545. The Morgan fingerprint density at radius 2 is 2.23 bits per heavy atom. The molecule has 1 aromatic heterocycles. The summed E-state index contributed by atoms with van der Waals surface area (Å²) in [6, 6.07) is 7.26. The van der Waals surface area contributed by atoms with E-state index in [4.69, 9.17) is 4.42 Å². The minimum Gasteiger partial charge on any atom is -0.449 e. The molecule has 0 amide bonds. The number of hydrogen-bond donors (Lipinski definition) is 0. The maximum Gasteiger partial charge on any atom is 0.170 e. The minimum absolute atomic E-state index is 0.0545. The van der Waals surface area contributed by atoms with Gasteiger partial charge in [-0.1, -0.05) is 12.1 Å². The van der Waals surface area contributed by atoms with Crippen LogP contribution in [-0.2, 0) is 0 Å². The Morgan fingerprint density at radius 1 is 1.46 bits per heavy atom. The molecule has 0 spiro atoms. The van der Waals surface area contributed by atoms with Crippen molar-refractivity contribution in [3.63, 3.8) is 0 Å². The lowest BCUT2D eigenvalue weighted by atomic mass is 10.1. The SMILES string of the molecule is CC(=O)c1cccc2oc(Br)cc12. The van der Waals surface area contributed by atoms with Crippen molar-refractivity contribution in [3.05, 3.63) is 34.5 Å². The molecular formula is C10H7BrO2. The zero-order valence-corrected chi connectivity index (χ0v) is 8.59. The molecule has 2 aromatic rings. The zero-order chi connectivity index (χ0) is 9.42. The van der Waals surface area contributed by atoms with Gasteiger partial charge in [-0.3, -0.25) is 4.79 Å². The first-order chi connectivity index (χ1) is 6.18. The van der Waals surface area contributed by atoms with Gasteiger partial charge in [0, 0.05) is 10.9 Å². The van der Waals surface area contributed by atoms with Gasteiger partial charge in [0.25, 0.3) is 0 Å². The first-order valence-electron chi connectivity index (χ1n) is 3.87. The maximum absolute atomic E-state index is 11.2. The molecule has 0 atom stereocenters. The summed E-state index contributed by atoms with van der Waals surface area (Å²) in [5, 5.41) is 0.863. The number of Topliss-reactive ketones (excluding diaryl/α,β-unsaturated/α-hetero) is 1. The monoisotopic (exact) mass is 238 g/mol. The second-order valence-electron chi connectivity index (χ2n) is 2.82. The third kappa shape index (κ3) is 1.40. The number of halogens is 1. The highest BCUT2D eigenvalue weighted by Gasteiger charge is 2.08. The fraction of sp³-hybridized carbons (Fsp3) is 0.100. The summed E-state index contributed by atoms with van der Waals surface area (Å²) in [5.41, 5.74) is 1.44. The van der Waals surface area contributed by atoms with E-state index in [-0.39, 0.29) is 5.78 Å². The lowest BCUT2D eigenvalue weighted by Crippen LogP contribution is -1.90. The van der Waals surface area contributed by atoms with E-state index in [1.54, 1.807) is 13.0 Å². The summed E-state index contributed by atoms with van der Waals surface area (Å²) in [6.07, 6.45) is 0. The maximum atomic E-state index is 11.2. The lowest BCUT2D eigenvalue weighted by Gasteiger charge is -1.94. The molecule has 0 saturated heterocycles. The standard InChI is InChI=1S/C10H7BrO2/c1-6(12)7-3-2-4-9-8(7)5-10(11)13-9/h2-5H,1H3. The van der Waals surface area contributed by atoms with Crippen LogP contribution < -0.4 is 0 Å². The fourth-order valence-corrected chi connectivity index (χ4v) is 1.74. The fourth-order valence-electron chi connectivity index (χ4n) is 1.34. The molecule has 0 radical (unpaired) electrons. The largest absolute Gasteiger partial charge is 0.449 e. The molecule has 0 aliphatic carbocycles. The van der Waals surface area contributed by atoms with Crippen molar-refractivity contribution in [2.45, 2.75) is 6.92 Å². The van der Waals surface area contributed by atoms with Crippen molar-refractivity contribution in [2.75, 3.05) is 0 Å². The Kier molecular flexibility index (Phi) is 1.96. The van der Waals surface area contributed by atoms with Crippen molar-refractivity contribution in [2.24, 2.45) is 0 Å². The van der Waals surface area contributed by atoms with Crippen LogP contribution in [0.5, 0.6) is 0 Å². The molecule has 0 aliphatic rings. The molecule has 1 aromatic carbocycles. The normalized spacial score (nSPS) is 10.6. The van der Waals surface area contributed by atoms with Gasteiger partial charge in [0.1, 0.15) is 5.58 Å². The van der Waals surface area contributed by atoms with Gasteiger partial charge in [-0.2, -0.15) is 0 Å². The molecule has 2 rings (SSSR count). The second kappa shape index (κ2) is 3.00. The van der Waals surface area contributed by atoms with Crippen LogP contribution in [-0.4, -0.2) is 5.78 Å². The molecule has 0 N–H and O–H groups in total. The lowest BCUT2D eigenvalue weighted by molar-refractivity contribution is 0.101. The van der Waals surface area contributed by atoms with Crippen LogP contribution in [0.1, 0.15) is 17.3 Å². The second-order valence-corrected chi connectivity index (χ2v) is 3.61. The van der Waals surface area contributed by atoms with Crippen LogP contribution in [0.2, 0.25) is 0 Å². The van der Waals surface area contributed by atoms with Gasteiger partial charge in [0.05, 0.1) is 0 Å². The number of hydrogen-bond acceptors (Lipinski definition) is 2. The first-order valence-corrected chi connectivity index (χ1v) is 4.67. The van der Waals surface area contributed by atoms with Crippen LogP contribution in [0.3, 0.4) is 0 Å². The van der Waals surface area contributed by atoms with E-state index < -0.39 is 0 Å². The van der Waals surface area contributed by atoms with Crippen LogP contribution in [0, 0.1) is 0 Å². The van der Waals surface area contributed by atoms with Gasteiger partial charge in [-0.25, -0.2) is 0 Å². The highest BCUT2D eigenvalue weighted by molar-refractivity contribution is 9.10. The van der Waals surface area contributed by atoms with Crippen LogP contribution in [0.25, 0.3) is 11.0 Å². The van der Waals surface area contributed by atoms with Crippen molar-refractivity contribution >= 4 is 32.7 Å². The predicted molar refractivity (Wildman–Crippen MR) is 53.9 cm³/mol.